The van der Waals surface area contributed by atoms with Crippen LogP contribution in [0.25, 0.3) is 0 Å². The number of thiophene rings is 1. The summed E-state index contributed by atoms with van der Waals surface area (Å²) in [5.41, 5.74) is 0. The van der Waals surface area contributed by atoms with Crippen molar-refractivity contribution < 1.29 is 22.7 Å². The van der Waals surface area contributed by atoms with Crippen LogP contribution < -0.4 is 0 Å². The molecule has 1 aromatic rings. The summed E-state index contributed by atoms with van der Waals surface area (Å²) in [5.74, 6) is 0. The maximum Gasteiger partial charge on any atom is 0.422 e. The summed E-state index contributed by atoms with van der Waals surface area (Å²) in [5, 5.41) is 0. The first-order valence-electron chi connectivity index (χ1n) is 5.23. The summed E-state index contributed by atoms with van der Waals surface area (Å²) in [4.78, 5) is 14.5. The molecule has 0 saturated carbocycles. The maximum absolute atomic E-state index is 11.9. The van der Waals surface area contributed by atoms with E-state index >= 15 is 0 Å². The minimum absolute atomic E-state index is 0.315. The second kappa shape index (κ2) is 5.60. The number of halogens is 3. The Hall–Kier alpha value is -1.24. The minimum Gasteiger partial charge on any atom is -0.440 e. The number of carbonyl (C=O) groups is 1. The van der Waals surface area contributed by atoms with Gasteiger partial charge >= 0.3 is 12.3 Å². The third-order valence-electron chi connectivity index (χ3n) is 2.40. The SMILES string of the molecule is Cc1ccc(C(C)N(C)C(=O)OCC(F)(F)F)s1. The zero-order chi connectivity index (χ0) is 13.9. The van der Waals surface area contributed by atoms with Gasteiger partial charge in [0.05, 0.1) is 6.04 Å². The van der Waals surface area contributed by atoms with Crippen LogP contribution in [-0.2, 0) is 4.74 Å². The second-order valence-electron chi connectivity index (χ2n) is 3.91. The van der Waals surface area contributed by atoms with Crippen LogP contribution in [-0.4, -0.2) is 30.8 Å². The molecular formula is C11H14F3NO2S. The van der Waals surface area contributed by atoms with Crippen LogP contribution in [0.4, 0.5) is 18.0 Å². The average molecular weight is 281 g/mol. The quantitative estimate of drug-likeness (QED) is 0.844. The molecule has 1 aromatic heterocycles. The molecular weight excluding hydrogens is 267 g/mol. The Morgan fingerprint density at radius 2 is 2.11 bits per heavy atom. The smallest absolute Gasteiger partial charge is 0.422 e. The Bertz CT molecular complexity index is 417. The van der Waals surface area contributed by atoms with E-state index < -0.39 is 18.9 Å². The number of carbonyl (C=O) groups excluding carboxylic acids is 1. The number of hydrogen-bond acceptors (Lipinski definition) is 3. The van der Waals surface area contributed by atoms with Crippen LogP contribution in [0.15, 0.2) is 12.1 Å². The minimum atomic E-state index is -4.50. The Morgan fingerprint density at radius 1 is 1.50 bits per heavy atom. The topological polar surface area (TPSA) is 29.5 Å². The highest BCUT2D eigenvalue weighted by molar-refractivity contribution is 7.12. The monoisotopic (exact) mass is 281 g/mol. The van der Waals surface area contributed by atoms with Gasteiger partial charge in [-0.3, -0.25) is 0 Å². The zero-order valence-electron chi connectivity index (χ0n) is 10.2. The lowest BCUT2D eigenvalue weighted by molar-refractivity contribution is -0.162. The molecule has 1 heterocycles. The average Bonchev–Trinajstić information content (AvgIpc) is 2.69. The number of aryl methyl sites for hydroxylation is 1. The van der Waals surface area contributed by atoms with Crippen molar-refractivity contribution in [3.8, 4) is 0 Å². The molecule has 1 amide bonds. The Labute approximate surface area is 107 Å². The molecule has 1 rings (SSSR count). The molecule has 0 saturated heterocycles. The van der Waals surface area contributed by atoms with Crippen LogP contribution in [0, 0.1) is 6.92 Å². The summed E-state index contributed by atoms with van der Waals surface area (Å²) in [6.45, 7) is 2.09. The molecule has 0 aromatic carbocycles. The van der Waals surface area contributed by atoms with Gasteiger partial charge in [0.2, 0.25) is 0 Å². The lowest BCUT2D eigenvalue weighted by atomic mass is 10.2. The molecule has 0 N–H and O–H groups in total. The van der Waals surface area contributed by atoms with Crippen molar-refractivity contribution in [2.24, 2.45) is 0 Å². The van der Waals surface area contributed by atoms with Crippen molar-refractivity contribution in [1.82, 2.24) is 4.90 Å². The van der Waals surface area contributed by atoms with Gasteiger partial charge in [-0.05, 0) is 26.0 Å². The zero-order valence-corrected chi connectivity index (χ0v) is 11.1. The van der Waals surface area contributed by atoms with Crippen molar-refractivity contribution in [3.05, 3.63) is 21.9 Å². The highest BCUT2D eigenvalue weighted by Gasteiger charge is 2.31. The van der Waals surface area contributed by atoms with Gasteiger partial charge < -0.3 is 9.64 Å². The van der Waals surface area contributed by atoms with E-state index in [2.05, 4.69) is 4.74 Å². The molecule has 0 aliphatic rings. The van der Waals surface area contributed by atoms with Gasteiger partial charge in [-0.1, -0.05) is 0 Å². The summed E-state index contributed by atoms with van der Waals surface area (Å²) in [7, 11) is 1.42. The summed E-state index contributed by atoms with van der Waals surface area (Å²) < 4.78 is 39.9. The van der Waals surface area contributed by atoms with Gasteiger partial charge in [-0.25, -0.2) is 4.79 Å². The third kappa shape index (κ3) is 4.21. The number of hydrogen-bond donors (Lipinski definition) is 0. The molecule has 0 radical (unpaired) electrons. The summed E-state index contributed by atoms with van der Waals surface area (Å²) in [6, 6.07) is 3.42. The van der Waals surface area contributed by atoms with Gasteiger partial charge in [0, 0.05) is 16.8 Å². The summed E-state index contributed by atoms with van der Waals surface area (Å²) in [6.07, 6.45) is -5.48. The van der Waals surface area contributed by atoms with Crippen molar-refractivity contribution >= 4 is 17.4 Å². The third-order valence-corrected chi connectivity index (χ3v) is 3.57. The van der Waals surface area contributed by atoms with Crippen molar-refractivity contribution in [3.63, 3.8) is 0 Å². The van der Waals surface area contributed by atoms with Gasteiger partial charge in [0.1, 0.15) is 0 Å². The molecule has 3 nitrogen and oxygen atoms in total. The first-order chi connectivity index (χ1) is 8.20. The first kappa shape index (κ1) is 14.8. The van der Waals surface area contributed by atoms with Crippen LogP contribution in [0.1, 0.15) is 22.7 Å². The first-order valence-corrected chi connectivity index (χ1v) is 6.05. The molecule has 7 heteroatoms. The fraction of sp³-hybridized carbons (Fsp3) is 0.545. The normalized spacial score (nSPS) is 13.2. The fourth-order valence-corrected chi connectivity index (χ4v) is 2.24. The van der Waals surface area contributed by atoms with E-state index in [1.54, 1.807) is 6.92 Å². The van der Waals surface area contributed by atoms with E-state index in [1.807, 2.05) is 19.1 Å². The Balaban J connectivity index is 2.58. The number of rotatable bonds is 3. The van der Waals surface area contributed by atoms with Gasteiger partial charge in [0.25, 0.3) is 0 Å². The number of alkyl halides is 3. The van der Waals surface area contributed by atoms with Crippen molar-refractivity contribution in [2.45, 2.75) is 26.1 Å². The molecule has 0 spiro atoms. The van der Waals surface area contributed by atoms with E-state index in [9.17, 15) is 18.0 Å². The van der Waals surface area contributed by atoms with Gasteiger partial charge in [-0.2, -0.15) is 13.2 Å². The predicted octanol–water partition coefficient (Wildman–Crippen LogP) is 3.75. The summed E-state index contributed by atoms with van der Waals surface area (Å²) >= 11 is 1.49. The van der Waals surface area contributed by atoms with E-state index in [1.165, 1.54) is 18.4 Å². The fourth-order valence-electron chi connectivity index (χ4n) is 1.27. The largest absolute Gasteiger partial charge is 0.440 e. The standard InChI is InChI=1S/C11H14F3NO2S/c1-7-4-5-9(18-7)8(2)15(3)10(16)17-6-11(12,13)14/h4-5,8H,6H2,1-3H3. The van der Waals surface area contributed by atoms with Crippen molar-refractivity contribution in [1.29, 1.82) is 0 Å². The molecule has 0 fully saturated rings. The van der Waals surface area contributed by atoms with Gasteiger partial charge in [0.15, 0.2) is 6.61 Å². The Morgan fingerprint density at radius 3 is 2.56 bits per heavy atom. The van der Waals surface area contributed by atoms with E-state index in [0.29, 0.717) is 0 Å². The highest BCUT2D eigenvalue weighted by Crippen LogP contribution is 2.27. The molecule has 0 bridgehead atoms. The Kier molecular flexibility index (Phi) is 4.61. The number of amides is 1. The van der Waals surface area contributed by atoms with E-state index in [-0.39, 0.29) is 6.04 Å². The lowest BCUT2D eigenvalue weighted by Gasteiger charge is -2.23. The predicted molar refractivity (Wildman–Crippen MR) is 62.6 cm³/mol. The number of ether oxygens (including phenoxy) is 1. The van der Waals surface area contributed by atoms with Crippen LogP contribution >= 0.6 is 11.3 Å². The van der Waals surface area contributed by atoms with E-state index in [0.717, 1.165) is 14.7 Å². The van der Waals surface area contributed by atoms with Crippen LogP contribution in [0.3, 0.4) is 0 Å². The molecule has 1 unspecified atom stereocenters. The lowest BCUT2D eigenvalue weighted by Crippen LogP contribution is -2.32. The van der Waals surface area contributed by atoms with E-state index in [4.69, 9.17) is 0 Å². The van der Waals surface area contributed by atoms with Crippen LogP contribution in [0.2, 0.25) is 0 Å². The number of nitrogens with zero attached hydrogens (tertiary/aromatic N) is 1. The maximum atomic E-state index is 11.9. The van der Waals surface area contributed by atoms with Crippen molar-refractivity contribution in [2.75, 3.05) is 13.7 Å². The highest BCUT2D eigenvalue weighted by atomic mass is 32.1. The molecule has 102 valence electrons. The van der Waals surface area contributed by atoms with Crippen LogP contribution in [0.5, 0.6) is 0 Å². The molecule has 0 aliphatic carbocycles. The van der Waals surface area contributed by atoms with Gasteiger partial charge in [-0.15, -0.1) is 11.3 Å². The second-order valence-corrected chi connectivity index (χ2v) is 5.22. The molecule has 18 heavy (non-hydrogen) atoms. The molecule has 0 aliphatic heterocycles. The molecule has 1 atom stereocenters.